The molecule has 10 heteroatoms. The van der Waals surface area contributed by atoms with Gasteiger partial charge in [-0.25, -0.2) is 9.78 Å². The molecular weight excluding hydrogens is 317 g/mol. The van der Waals surface area contributed by atoms with Gasteiger partial charge in [0.2, 0.25) is 5.01 Å². The highest BCUT2D eigenvalue weighted by Crippen LogP contribution is 2.29. The van der Waals surface area contributed by atoms with Crippen LogP contribution in [0.1, 0.15) is 27.2 Å². The first-order valence-electron chi connectivity index (χ1n) is 5.45. The molecule has 0 atom stereocenters. The van der Waals surface area contributed by atoms with Gasteiger partial charge in [0, 0.05) is 17.7 Å². The lowest BCUT2D eigenvalue weighted by molar-refractivity contribution is -0.0327. The summed E-state index contributed by atoms with van der Waals surface area (Å²) in [6.45, 7) is 1.68. The van der Waals surface area contributed by atoms with Crippen LogP contribution >= 0.6 is 23.1 Å². The van der Waals surface area contributed by atoms with Gasteiger partial charge < -0.3 is 10.1 Å². The van der Waals surface area contributed by atoms with Crippen LogP contribution in [-0.2, 0) is 4.74 Å². The van der Waals surface area contributed by atoms with Gasteiger partial charge in [0.05, 0.1) is 6.61 Å². The molecule has 0 fully saturated rings. The Balaban J connectivity index is 2.42. The number of aromatic nitrogens is 1. The second kappa shape index (κ2) is 7.48. The Hall–Kier alpha value is -1.29. The van der Waals surface area contributed by atoms with E-state index in [1.165, 1.54) is 5.38 Å². The molecule has 0 aliphatic heterocycles. The molecule has 112 valence electrons. The molecule has 1 rings (SSSR count). The maximum atomic E-state index is 11.9. The average Bonchev–Trinajstić information content (AvgIpc) is 2.83. The number of thiazole rings is 1. The van der Waals surface area contributed by atoms with Crippen molar-refractivity contribution in [3.05, 3.63) is 16.1 Å². The van der Waals surface area contributed by atoms with E-state index in [4.69, 9.17) is 4.74 Å². The van der Waals surface area contributed by atoms with Crippen LogP contribution in [0.5, 0.6) is 0 Å². The van der Waals surface area contributed by atoms with Crippen LogP contribution in [0.2, 0.25) is 0 Å². The number of thioether (sulfide) groups is 1. The van der Waals surface area contributed by atoms with Crippen LogP contribution < -0.4 is 5.32 Å². The Labute approximate surface area is 120 Å². The summed E-state index contributed by atoms with van der Waals surface area (Å²) >= 11 is 0.719. The molecule has 0 aliphatic rings. The molecule has 1 aromatic rings. The molecule has 0 saturated heterocycles. The number of hydrogen-bond donors (Lipinski definition) is 1. The number of nitrogens with one attached hydrogen (secondary N) is 1. The topological polar surface area (TPSA) is 68.3 Å². The molecule has 0 aromatic carbocycles. The maximum Gasteiger partial charge on any atom is 0.441 e. The molecule has 0 unspecified atom stereocenters. The molecule has 1 heterocycles. The number of carbonyl (C=O) groups is 2. The van der Waals surface area contributed by atoms with E-state index in [0.29, 0.717) is 0 Å². The van der Waals surface area contributed by atoms with Crippen LogP contribution in [0.25, 0.3) is 0 Å². The Bertz CT molecular complexity index is 477. The van der Waals surface area contributed by atoms with Gasteiger partial charge in [0.1, 0.15) is 5.69 Å². The number of carbonyl (C=O) groups excluding carboxylic acids is 2. The lowest BCUT2D eigenvalue weighted by atomic mass is 10.4. The number of nitrogens with zero attached hydrogens (tertiary/aromatic N) is 1. The van der Waals surface area contributed by atoms with Crippen molar-refractivity contribution in [2.45, 2.75) is 12.4 Å². The number of amides is 1. The second-order valence-corrected chi connectivity index (χ2v) is 5.33. The van der Waals surface area contributed by atoms with Crippen molar-refractivity contribution < 1.29 is 27.5 Å². The number of esters is 1. The normalized spacial score (nSPS) is 11.2. The molecule has 20 heavy (non-hydrogen) atoms. The van der Waals surface area contributed by atoms with Gasteiger partial charge in [0.25, 0.3) is 5.91 Å². The Morgan fingerprint density at radius 2 is 2.20 bits per heavy atom. The van der Waals surface area contributed by atoms with E-state index < -0.39 is 17.4 Å². The summed E-state index contributed by atoms with van der Waals surface area (Å²) in [5.74, 6) is -1.55. The molecule has 0 bridgehead atoms. The fourth-order valence-corrected chi connectivity index (χ4v) is 2.21. The summed E-state index contributed by atoms with van der Waals surface area (Å²) in [5, 5.41) is 3.66. The van der Waals surface area contributed by atoms with Crippen LogP contribution in [0.3, 0.4) is 0 Å². The standard InChI is InChI=1S/C10H11F3N2O3S2/c1-2-18-9(17)8-15-6(5-19-8)7(16)14-3-4-20-10(11,12)13/h5H,2-4H2,1H3,(H,14,16). The first-order chi connectivity index (χ1) is 9.33. The highest BCUT2D eigenvalue weighted by atomic mass is 32.2. The van der Waals surface area contributed by atoms with Crippen molar-refractivity contribution in [1.29, 1.82) is 0 Å². The van der Waals surface area contributed by atoms with E-state index in [0.717, 1.165) is 11.3 Å². The van der Waals surface area contributed by atoms with Gasteiger partial charge in [-0.05, 0) is 18.7 Å². The van der Waals surface area contributed by atoms with Crippen molar-refractivity contribution in [1.82, 2.24) is 10.3 Å². The number of ether oxygens (including phenoxy) is 1. The van der Waals surface area contributed by atoms with Crippen molar-refractivity contribution in [2.75, 3.05) is 18.9 Å². The largest absolute Gasteiger partial charge is 0.461 e. The van der Waals surface area contributed by atoms with Gasteiger partial charge in [-0.1, -0.05) is 0 Å². The van der Waals surface area contributed by atoms with Crippen LogP contribution in [0.4, 0.5) is 13.2 Å². The minimum atomic E-state index is -4.32. The molecule has 0 spiro atoms. The number of rotatable bonds is 6. The number of halogens is 3. The summed E-state index contributed by atoms with van der Waals surface area (Å²) in [4.78, 5) is 26.6. The fourth-order valence-electron chi connectivity index (χ4n) is 1.09. The average molecular weight is 328 g/mol. The minimum absolute atomic E-state index is 0.0185. The lowest BCUT2D eigenvalue weighted by Gasteiger charge is -2.05. The maximum absolute atomic E-state index is 11.9. The van der Waals surface area contributed by atoms with Crippen molar-refractivity contribution in [2.24, 2.45) is 0 Å². The highest BCUT2D eigenvalue weighted by molar-refractivity contribution is 8.00. The van der Waals surface area contributed by atoms with Gasteiger partial charge in [-0.2, -0.15) is 13.2 Å². The van der Waals surface area contributed by atoms with Gasteiger partial charge in [0.15, 0.2) is 0 Å². The predicted molar refractivity (Wildman–Crippen MR) is 68.9 cm³/mol. The van der Waals surface area contributed by atoms with Gasteiger partial charge >= 0.3 is 11.5 Å². The summed E-state index contributed by atoms with van der Waals surface area (Å²) < 4.78 is 40.3. The molecular formula is C10H11F3N2O3S2. The molecule has 1 amide bonds. The zero-order valence-electron chi connectivity index (χ0n) is 10.3. The smallest absolute Gasteiger partial charge is 0.441 e. The molecule has 1 N–H and O–H groups in total. The quantitative estimate of drug-likeness (QED) is 0.641. The summed E-state index contributed by atoms with van der Waals surface area (Å²) in [7, 11) is 0. The zero-order chi connectivity index (χ0) is 15.2. The molecule has 0 radical (unpaired) electrons. The zero-order valence-corrected chi connectivity index (χ0v) is 12.0. The third kappa shape index (κ3) is 5.78. The Morgan fingerprint density at radius 3 is 2.80 bits per heavy atom. The molecule has 0 aliphatic carbocycles. The summed E-state index contributed by atoms with van der Waals surface area (Å²) in [5.41, 5.74) is -4.34. The van der Waals surface area contributed by atoms with E-state index in [1.807, 2.05) is 0 Å². The third-order valence-electron chi connectivity index (χ3n) is 1.84. The van der Waals surface area contributed by atoms with E-state index in [1.54, 1.807) is 6.92 Å². The first kappa shape index (κ1) is 16.8. The van der Waals surface area contributed by atoms with Crippen molar-refractivity contribution >= 4 is 35.0 Å². The summed E-state index contributed by atoms with van der Waals surface area (Å²) in [6.07, 6.45) is 0. The van der Waals surface area contributed by atoms with Crippen molar-refractivity contribution in [3.63, 3.8) is 0 Å². The molecule has 1 aromatic heterocycles. The first-order valence-corrected chi connectivity index (χ1v) is 7.31. The van der Waals surface area contributed by atoms with Gasteiger partial charge in [-0.3, -0.25) is 4.79 Å². The third-order valence-corrected chi connectivity index (χ3v) is 3.40. The minimum Gasteiger partial charge on any atom is -0.461 e. The predicted octanol–water partition coefficient (Wildman–Crippen LogP) is 2.30. The number of hydrogen-bond acceptors (Lipinski definition) is 6. The van der Waals surface area contributed by atoms with Gasteiger partial charge in [-0.15, -0.1) is 11.3 Å². The van der Waals surface area contributed by atoms with E-state index >= 15 is 0 Å². The summed E-state index contributed by atoms with van der Waals surface area (Å²) in [6, 6.07) is 0. The number of alkyl halides is 3. The van der Waals surface area contributed by atoms with Crippen molar-refractivity contribution in [3.8, 4) is 0 Å². The second-order valence-electron chi connectivity index (χ2n) is 3.31. The van der Waals surface area contributed by atoms with E-state index in [9.17, 15) is 22.8 Å². The van der Waals surface area contributed by atoms with Crippen LogP contribution in [0.15, 0.2) is 5.38 Å². The Morgan fingerprint density at radius 1 is 1.50 bits per heavy atom. The molecule has 5 nitrogen and oxygen atoms in total. The van der Waals surface area contributed by atoms with Crippen LogP contribution in [0, 0.1) is 0 Å². The van der Waals surface area contributed by atoms with E-state index in [2.05, 4.69) is 10.3 Å². The highest BCUT2D eigenvalue weighted by Gasteiger charge is 2.27. The monoisotopic (exact) mass is 328 g/mol. The fraction of sp³-hybridized carbons (Fsp3) is 0.500. The molecule has 0 saturated carbocycles. The SMILES string of the molecule is CCOC(=O)c1nc(C(=O)NCCSC(F)(F)F)cs1. The van der Waals surface area contributed by atoms with Crippen LogP contribution in [-0.4, -0.2) is 41.3 Å². The van der Waals surface area contributed by atoms with E-state index in [-0.39, 0.29) is 41.4 Å². The Kier molecular flexibility index (Phi) is 6.27. The lowest BCUT2D eigenvalue weighted by Crippen LogP contribution is -2.26.